The summed E-state index contributed by atoms with van der Waals surface area (Å²) in [7, 11) is -2.95. The van der Waals surface area contributed by atoms with Crippen LogP contribution in [-0.2, 0) is 9.84 Å². The van der Waals surface area contributed by atoms with E-state index in [1.807, 2.05) is 6.92 Å². The van der Waals surface area contributed by atoms with Crippen molar-refractivity contribution in [3.8, 4) is 6.01 Å². The molecule has 0 saturated heterocycles. The normalized spacial score (nSPS) is 11.3. The summed E-state index contributed by atoms with van der Waals surface area (Å²) in [6, 6.07) is 0.167. The zero-order valence-electron chi connectivity index (χ0n) is 11.1. The smallest absolute Gasteiger partial charge is 0.323 e. The second kappa shape index (κ2) is 7.07. The lowest BCUT2D eigenvalue weighted by molar-refractivity contribution is 0.292. The van der Waals surface area contributed by atoms with Gasteiger partial charge in [-0.05, 0) is 12.8 Å². The summed E-state index contributed by atoms with van der Waals surface area (Å²) in [6.07, 6.45) is 2.50. The van der Waals surface area contributed by atoms with E-state index in [4.69, 9.17) is 10.5 Å². The number of ether oxygens (including phenoxy) is 1. The number of aromatic nitrogens is 3. The largest absolute Gasteiger partial charge is 0.463 e. The van der Waals surface area contributed by atoms with Gasteiger partial charge in [0.15, 0.2) is 0 Å². The number of anilines is 2. The van der Waals surface area contributed by atoms with Gasteiger partial charge in [0.2, 0.25) is 11.9 Å². The first-order chi connectivity index (χ1) is 8.90. The van der Waals surface area contributed by atoms with E-state index in [1.54, 1.807) is 0 Å². The van der Waals surface area contributed by atoms with Gasteiger partial charge in [-0.1, -0.05) is 6.92 Å². The summed E-state index contributed by atoms with van der Waals surface area (Å²) in [6.45, 7) is 2.90. The van der Waals surface area contributed by atoms with Gasteiger partial charge in [0, 0.05) is 12.8 Å². The number of hydrogen-bond acceptors (Lipinski definition) is 8. The fourth-order valence-electron chi connectivity index (χ4n) is 1.24. The van der Waals surface area contributed by atoms with Gasteiger partial charge in [0.05, 0.1) is 12.4 Å². The number of nitrogen functional groups attached to an aromatic ring is 1. The third kappa shape index (κ3) is 6.75. The molecule has 0 aliphatic heterocycles. The standard InChI is InChI=1S/C10H19N5O3S/c1-3-6-18-10-14-8(11)13-9(15-10)12-5-4-7-19(2,16)17/h3-7H2,1-2H3,(H3,11,12,13,14,15). The van der Waals surface area contributed by atoms with Crippen molar-refractivity contribution in [3.05, 3.63) is 0 Å². The van der Waals surface area contributed by atoms with Crippen LogP contribution in [0.15, 0.2) is 0 Å². The lowest BCUT2D eigenvalue weighted by Gasteiger charge is -2.07. The van der Waals surface area contributed by atoms with E-state index in [9.17, 15) is 8.42 Å². The SMILES string of the molecule is CCCOc1nc(N)nc(NCCCS(C)(=O)=O)n1. The van der Waals surface area contributed by atoms with Gasteiger partial charge in [-0.25, -0.2) is 8.42 Å². The van der Waals surface area contributed by atoms with Gasteiger partial charge in [-0.2, -0.15) is 15.0 Å². The molecule has 0 aromatic carbocycles. The first-order valence-electron chi connectivity index (χ1n) is 5.96. The van der Waals surface area contributed by atoms with Gasteiger partial charge in [0.25, 0.3) is 0 Å². The number of nitrogens with one attached hydrogen (secondary N) is 1. The van der Waals surface area contributed by atoms with E-state index in [0.29, 0.717) is 19.6 Å². The van der Waals surface area contributed by atoms with E-state index < -0.39 is 9.84 Å². The van der Waals surface area contributed by atoms with Crippen LogP contribution in [0.5, 0.6) is 6.01 Å². The average molecular weight is 289 g/mol. The Hall–Kier alpha value is -1.64. The fraction of sp³-hybridized carbons (Fsp3) is 0.700. The maximum absolute atomic E-state index is 11.0. The minimum absolute atomic E-state index is 0.0618. The number of sulfone groups is 1. The molecule has 1 rings (SSSR count). The van der Waals surface area contributed by atoms with Gasteiger partial charge in [-0.3, -0.25) is 0 Å². The van der Waals surface area contributed by atoms with Gasteiger partial charge in [-0.15, -0.1) is 0 Å². The highest BCUT2D eigenvalue weighted by atomic mass is 32.2. The number of nitrogens with two attached hydrogens (primary N) is 1. The van der Waals surface area contributed by atoms with Crippen LogP contribution in [0.2, 0.25) is 0 Å². The number of hydrogen-bond donors (Lipinski definition) is 2. The molecular formula is C10H19N5O3S. The Kier molecular flexibility index (Phi) is 5.74. The number of nitrogens with zero attached hydrogens (tertiary/aromatic N) is 3. The van der Waals surface area contributed by atoms with Crippen molar-refractivity contribution in [1.82, 2.24) is 15.0 Å². The van der Waals surface area contributed by atoms with Gasteiger partial charge >= 0.3 is 6.01 Å². The lowest BCUT2D eigenvalue weighted by atomic mass is 10.5. The summed E-state index contributed by atoms with van der Waals surface area (Å²) in [4.78, 5) is 11.7. The number of rotatable bonds is 8. The molecule has 0 bridgehead atoms. The summed E-state index contributed by atoms with van der Waals surface area (Å²) in [5.41, 5.74) is 5.53. The predicted molar refractivity (Wildman–Crippen MR) is 72.8 cm³/mol. The van der Waals surface area contributed by atoms with Gasteiger partial charge in [0.1, 0.15) is 9.84 Å². The van der Waals surface area contributed by atoms with Crippen LogP contribution in [0, 0.1) is 0 Å². The van der Waals surface area contributed by atoms with Crippen molar-refractivity contribution in [2.45, 2.75) is 19.8 Å². The molecule has 0 spiro atoms. The summed E-state index contributed by atoms with van der Waals surface area (Å²) in [5.74, 6) is 0.457. The summed E-state index contributed by atoms with van der Waals surface area (Å²) >= 11 is 0. The van der Waals surface area contributed by atoms with E-state index in [1.165, 1.54) is 6.26 Å². The van der Waals surface area contributed by atoms with E-state index in [2.05, 4.69) is 20.3 Å². The first kappa shape index (κ1) is 15.4. The molecule has 8 nitrogen and oxygen atoms in total. The van der Waals surface area contributed by atoms with Crippen molar-refractivity contribution >= 4 is 21.7 Å². The predicted octanol–water partition coefficient (Wildman–Crippen LogP) is 0.0892. The minimum atomic E-state index is -2.95. The highest BCUT2D eigenvalue weighted by Crippen LogP contribution is 2.09. The Labute approximate surface area is 112 Å². The maximum atomic E-state index is 11.0. The van der Waals surface area contributed by atoms with Crippen LogP contribution in [0.1, 0.15) is 19.8 Å². The monoisotopic (exact) mass is 289 g/mol. The Balaban J connectivity index is 2.51. The van der Waals surface area contributed by atoms with Crippen LogP contribution in [0.3, 0.4) is 0 Å². The Morgan fingerprint density at radius 2 is 2.05 bits per heavy atom. The molecule has 1 aromatic rings. The summed E-state index contributed by atoms with van der Waals surface area (Å²) < 4.78 is 27.2. The molecule has 0 aliphatic carbocycles. The molecule has 0 radical (unpaired) electrons. The van der Waals surface area contributed by atoms with Crippen molar-refractivity contribution in [2.24, 2.45) is 0 Å². The van der Waals surface area contributed by atoms with E-state index >= 15 is 0 Å². The molecule has 0 aliphatic rings. The molecule has 0 amide bonds. The zero-order chi connectivity index (χ0) is 14.3. The minimum Gasteiger partial charge on any atom is -0.463 e. The van der Waals surface area contributed by atoms with Crippen molar-refractivity contribution in [1.29, 1.82) is 0 Å². The van der Waals surface area contributed by atoms with Crippen LogP contribution in [0.25, 0.3) is 0 Å². The van der Waals surface area contributed by atoms with Crippen molar-refractivity contribution in [3.63, 3.8) is 0 Å². The van der Waals surface area contributed by atoms with Crippen LogP contribution in [0.4, 0.5) is 11.9 Å². The fourth-order valence-corrected chi connectivity index (χ4v) is 1.91. The lowest BCUT2D eigenvalue weighted by Crippen LogP contribution is -2.13. The molecule has 1 aromatic heterocycles. The molecule has 1 heterocycles. The molecule has 3 N–H and O–H groups in total. The molecular weight excluding hydrogens is 270 g/mol. The molecule has 0 fully saturated rings. The molecule has 0 unspecified atom stereocenters. The van der Waals surface area contributed by atoms with Crippen molar-refractivity contribution in [2.75, 3.05) is 36.2 Å². The molecule has 0 saturated carbocycles. The quantitative estimate of drug-likeness (QED) is 0.646. The zero-order valence-corrected chi connectivity index (χ0v) is 11.9. The van der Waals surface area contributed by atoms with Crippen LogP contribution >= 0.6 is 0 Å². The topological polar surface area (TPSA) is 120 Å². The van der Waals surface area contributed by atoms with Gasteiger partial charge < -0.3 is 15.8 Å². The molecule has 9 heteroatoms. The Morgan fingerprint density at radius 3 is 2.68 bits per heavy atom. The maximum Gasteiger partial charge on any atom is 0.323 e. The Bertz CT molecular complexity index is 506. The van der Waals surface area contributed by atoms with E-state index in [-0.39, 0.29) is 23.7 Å². The molecule has 108 valence electrons. The van der Waals surface area contributed by atoms with Crippen LogP contribution < -0.4 is 15.8 Å². The highest BCUT2D eigenvalue weighted by molar-refractivity contribution is 7.90. The van der Waals surface area contributed by atoms with E-state index in [0.717, 1.165) is 6.42 Å². The van der Waals surface area contributed by atoms with Crippen LogP contribution in [-0.4, -0.2) is 48.5 Å². The molecule has 19 heavy (non-hydrogen) atoms. The average Bonchev–Trinajstić information content (AvgIpc) is 2.30. The van der Waals surface area contributed by atoms with Crippen molar-refractivity contribution < 1.29 is 13.2 Å². The third-order valence-corrected chi connectivity index (χ3v) is 3.07. The molecule has 0 atom stereocenters. The Morgan fingerprint density at radius 1 is 1.32 bits per heavy atom. The third-order valence-electron chi connectivity index (χ3n) is 2.04. The first-order valence-corrected chi connectivity index (χ1v) is 8.02. The second-order valence-corrected chi connectivity index (χ2v) is 6.32. The highest BCUT2D eigenvalue weighted by Gasteiger charge is 2.06. The summed E-state index contributed by atoms with van der Waals surface area (Å²) in [5, 5.41) is 2.89. The second-order valence-electron chi connectivity index (χ2n) is 4.06.